The number of carbonyl (C=O) groups excluding carboxylic acids is 1. The normalized spacial score (nSPS) is 29.9. The van der Waals surface area contributed by atoms with Crippen molar-refractivity contribution in [3.63, 3.8) is 0 Å². The van der Waals surface area contributed by atoms with Crippen molar-refractivity contribution in [2.24, 2.45) is 10.9 Å². The summed E-state index contributed by atoms with van der Waals surface area (Å²) in [7, 11) is 0. The molecule has 40 heavy (non-hydrogen) atoms. The third-order valence-corrected chi connectivity index (χ3v) is 9.77. The number of fused-ring (bicyclic) bond motifs is 7. The molecule has 3 aromatic carbocycles. The third kappa shape index (κ3) is 3.23. The van der Waals surface area contributed by atoms with Crippen LogP contribution in [0.4, 0.5) is 0 Å². The minimum Gasteiger partial charge on any atom is -0.371 e. The zero-order chi connectivity index (χ0) is 26.8. The highest BCUT2D eigenvalue weighted by Gasteiger charge is 2.67. The van der Waals surface area contributed by atoms with Crippen molar-refractivity contribution in [2.75, 3.05) is 6.54 Å². The molecular formula is C36H33N3O. The molecule has 8 rings (SSSR count). The fraction of sp³-hybridized carbons (Fsp3) is 0.278. The van der Waals surface area contributed by atoms with E-state index in [0.717, 1.165) is 42.1 Å². The van der Waals surface area contributed by atoms with Gasteiger partial charge in [0.05, 0.1) is 29.1 Å². The van der Waals surface area contributed by atoms with Crippen LogP contribution in [-0.2, 0) is 5.54 Å². The molecule has 0 saturated carbocycles. The first kappa shape index (κ1) is 23.8. The number of aryl methyl sites for hydroxylation is 1. The molecule has 2 saturated heterocycles. The summed E-state index contributed by atoms with van der Waals surface area (Å²) < 4.78 is 0. The molecule has 1 unspecified atom stereocenters. The number of nitrogens with zero attached hydrogens (tertiary/aromatic N) is 2. The summed E-state index contributed by atoms with van der Waals surface area (Å²) in [6.07, 6.45) is 11.8. The minimum atomic E-state index is -0.639. The molecule has 3 aromatic rings. The molecule has 1 N–H and O–H groups in total. The van der Waals surface area contributed by atoms with E-state index >= 15 is 4.79 Å². The standard InChI is InChI=1S/C36H33N3O/c1-23-18-20-24(21-19-23)31-30-17-9-10-22-39(30)36(32(31)34(40)25-11-3-2-4-12-25)27-14-6-5-13-26(27)33-35(36)38-29-16-8-7-15-28(29)37-33/h2-8,11-16,18-21,28,30-32,37H,9-10,17,22H2,1H3/t28?,30-,31-,32-,36+/m1/s1. The lowest BCUT2D eigenvalue weighted by Crippen LogP contribution is -2.52. The van der Waals surface area contributed by atoms with Gasteiger partial charge in [0.25, 0.3) is 0 Å². The molecule has 0 amide bonds. The number of allylic oxidation sites excluding steroid dienone is 2. The number of ketones is 1. The second-order valence-corrected chi connectivity index (χ2v) is 11.8. The highest BCUT2D eigenvalue weighted by atomic mass is 16.1. The summed E-state index contributed by atoms with van der Waals surface area (Å²) in [5.41, 5.74) is 8.18. The molecule has 5 aliphatic rings. The summed E-state index contributed by atoms with van der Waals surface area (Å²) in [4.78, 5) is 23.2. The van der Waals surface area contributed by atoms with Crippen LogP contribution in [0.15, 0.2) is 114 Å². The second kappa shape index (κ2) is 9.00. The van der Waals surface area contributed by atoms with Gasteiger partial charge >= 0.3 is 0 Å². The molecular weight excluding hydrogens is 490 g/mol. The van der Waals surface area contributed by atoms with Crippen molar-refractivity contribution in [1.82, 2.24) is 10.2 Å². The van der Waals surface area contributed by atoms with E-state index in [1.807, 2.05) is 30.3 Å². The zero-order valence-corrected chi connectivity index (χ0v) is 22.8. The monoisotopic (exact) mass is 523 g/mol. The molecule has 3 aliphatic heterocycles. The van der Waals surface area contributed by atoms with Crippen LogP contribution in [0.25, 0.3) is 5.70 Å². The van der Waals surface area contributed by atoms with E-state index in [-0.39, 0.29) is 29.7 Å². The van der Waals surface area contributed by atoms with Gasteiger partial charge in [-0.05, 0) is 43.5 Å². The van der Waals surface area contributed by atoms with Gasteiger partial charge in [0.15, 0.2) is 5.78 Å². The first-order valence-corrected chi connectivity index (χ1v) is 14.6. The average Bonchev–Trinajstić information content (AvgIpc) is 3.47. The van der Waals surface area contributed by atoms with Crippen molar-refractivity contribution >= 4 is 17.2 Å². The largest absolute Gasteiger partial charge is 0.371 e. The maximum absolute atomic E-state index is 15.0. The molecule has 4 nitrogen and oxygen atoms in total. The van der Waals surface area contributed by atoms with Crippen molar-refractivity contribution in [1.29, 1.82) is 0 Å². The van der Waals surface area contributed by atoms with Crippen molar-refractivity contribution in [3.8, 4) is 0 Å². The second-order valence-electron chi connectivity index (χ2n) is 11.8. The minimum absolute atomic E-state index is 0.0432. The first-order chi connectivity index (χ1) is 19.7. The number of hydrogen-bond acceptors (Lipinski definition) is 4. The van der Waals surface area contributed by atoms with Crippen LogP contribution in [0, 0.1) is 12.8 Å². The van der Waals surface area contributed by atoms with Crippen LogP contribution in [0.1, 0.15) is 57.8 Å². The molecule has 0 aromatic heterocycles. The van der Waals surface area contributed by atoms with E-state index in [0.29, 0.717) is 0 Å². The van der Waals surface area contributed by atoms with E-state index in [9.17, 15) is 0 Å². The number of rotatable bonds is 3. The highest BCUT2D eigenvalue weighted by Crippen LogP contribution is 2.64. The molecule has 0 radical (unpaired) electrons. The predicted octanol–water partition coefficient (Wildman–Crippen LogP) is 6.56. The number of nitrogens with one attached hydrogen (secondary N) is 1. The van der Waals surface area contributed by atoms with Crippen LogP contribution < -0.4 is 5.32 Å². The Hall–Kier alpha value is -4.02. The predicted molar refractivity (Wildman–Crippen MR) is 160 cm³/mol. The Kier molecular flexibility index (Phi) is 5.36. The van der Waals surface area contributed by atoms with Gasteiger partial charge in [0.1, 0.15) is 5.54 Å². The fourth-order valence-electron chi connectivity index (χ4n) is 8.18. The van der Waals surface area contributed by atoms with Gasteiger partial charge in [-0.15, -0.1) is 0 Å². The fourth-order valence-corrected chi connectivity index (χ4v) is 8.18. The molecule has 4 heteroatoms. The van der Waals surface area contributed by atoms with Crippen molar-refractivity contribution < 1.29 is 4.79 Å². The van der Waals surface area contributed by atoms with E-state index in [2.05, 4.69) is 90.0 Å². The van der Waals surface area contributed by atoms with Gasteiger partial charge in [-0.1, -0.05) is 109 Å². The van der Waals surface area contributed by atoms with Crippen LogP contribution in [0.5, 0.6) is 0 Å². The quantitative estimate of drug-likeness (QED) is 0.396. The molecule has 3 heterocycles. The summed E-state index contributed by atoms with van der Waals surface area (Å²) in [6.45, 7) is 3.09. The summed E-state index contributed by atoms with van der Waals surface area (Å²) >= 11 is 0. The lowest BCUT2D eigenvalue weighted by Gasteiger charge is -2.44. The molecule has 2 aliphatic carbocycles. The summed E-state index contributed by atoms with van der Waals surface area (Å²) in [6, 6.07) is 27.9. The lowest BCUT2D eigenvalue weighted by molar-refractivity contribution is 0.0648. The first-order valence-electron chi connectivity index (χ1n) is 14.6. The Labute approximate surface area is 235 Å². The summed E-state index contributed by atoms with van der Waals surface area (Å²) in [5.74, 6) is -0.0288. The highest BCUT2D eigenvalue weighted by molar-refractivity contribution is 6.07. The van der Waals surface area contributed by atoms with Gasteiger partial charge in [0.2, 0.25) is 0 Å². The van der Waals surface area contributed by atoms with Crippen molar-refractivity contribution in [3.05, 3.63) is 137 Å². The molecule has 198 valence electrons. The third-order valence-electron chi connectivity index (χ3n) is 9.77. The Morgan fingerprint density at radius 1 is 0.950 bits per heavy atom. The van der Waals surface area contributed by atoms with Gasteiger partial charge in [0, 0.05) is 23.1 Å². The number of carbonyl (C=O) groups is 1. The smallest absolute Gasteiger partial charge is 0.169 e. The maximum atomic E-state index is 15.0. The number of aliphatic imine (C=N–C) groups is 1. The SMILES string of the molecule is Cc1ccc([C@@H]2[C@H]3CCCCN3[C@]3(C4=C(NC5C=CC=CC5=N4)c4ccccc43)[C@H]2C(=O)c2ccccc2)cc1. The summed E-state index contributed by atoms with van der Waals surface area (Å²) in [5, 5.41) is 3.85. The van der Waals surface area contributed by atoms with Crippen molar-refractivity contribution in [2.45, 2.75) is 49.7 Å². The molecule has 0 bridgehead atoms. The van der Waals surface area contributed by atoms with E-state index < -0.39 is 5.54 Å². The average molecular weight is 524 g/mol. The van der Waals surface area contributed by atoms with Gasteiger partial charge < -0.3 is 5.32 Å². The number of Topliss-reactive ketones (excluding diaryl/α,β-unsaturated/α-hetero) is 1. The van der Waals surface area contributed by atoms with E-state index in [1.165, 1.54) is 28.7 Å². The molecule has 5 atom stereocenters. The topological polar surface area (TPSA) is 44.7 Å². The van der Waals surface area contributed by atoms with Crippen LogP contribution in [-0.4, -0.2) is 35.0 Å². The van der Waals surface area contributed by atoms with Crippen LogP contribution in [0.2, 0.25) is 0 Å². The Balaban J connectivity index is 1.44. The van der Waals surface area contributed by atoms with Crippen LogP contribution in [0.3, 0.4) is 0 Å². The molecule has 2 fully saturated rings. The van der Waals surface area contributed by atoms with Gasteiger partial charge in [-0.25, -0.2) is 0 Å². The van der Waals surface area contributed by atoms with Gasteiger partial charge in [-0.2, -0.15) is 0 Å². The maximum Gasteiger partial charge on any atom is 0.169 e. The van der Waals surface area contributed by atoms with Gasteiger partial charge in [-0.3, -0.25) is 14.7 Å². The Bertz CT molecular complexity index is 1630. The van der Waals surface area contributed by atoms with E-state index in [1.54, 1.807) is 0 Å². The van der Waals surface area contributed by atoms with Crippen LogP contribution >= 0.6 is 0 Å². The zero-order valence-electron chi connectivity index (χ0n) is 22.8. The lowest BCUT2D eigenvalue weighted by atomic mass is 9.68. The Morgan fingerprint density at radius 3 is 2.60 bits per heavy atom. The number of hydrogen-bond donors (Lipinski definition) is 1. The van der Waals surface area contributed by atoms with E-state index in [4.69, 9.17) is 4.99 Å². The number of piperidine rings is 1. The Morgan fingerprint density at radius 2 is 1.75 bits per heavy atom. The number of benzene rings is 3. The molecule has 1 spiro atoms.